The highest BCUT2D eigenvalue weighted by Gasteiger charge is 2.30. The average molecular weight is 518 g/mol. The fraction of sp³-hybridized carbons (Fsp3) is 0.333. The van der Waals surface area contributed by atoms with Crippen LogP contribution in [-0.2, 0) is 14.8 Å². The molecule has 1 aliphatic rings. The molecule has 1 saturated heterocycles. The van der Waals surface area contributed by atoms with Crippen LogP contribution in [0.5, 0.6) is 0 Å². The smallest absolute Gasteiger partial charge is 0.246 e. The number of nitrogens with zero attached hydrogens (tertiary/aromatic N) is 4. The predicted octanol–water partition coefficient (Wildman–Crippen LogP) is 3.91. The Hall–Kier alpha value is -2.63. The lowest BCUT2D eigenvalue weighted by molar-refractivity contribution is 0.151. The first kappa shape index (κ1) is 24.1. The Morgan fingerprint density at radius 1 is 1.14 bits per heavy atom. The third-order valence-corrected chi connectivity index (χ3v) is 8.49. The molecular weight excluding hydrogens is 493 g/mol. The average Bonchev–Trinajstić information content (AvgIpc) is 3.09. The van der Waals surface area contributed by atoms with Crippen molar-refractivity contribution < 1.29 is 17.5 Å². The van der Waals surface area contributed by atoms with E-state index in [2.05, 4.69) is 19.9 Å². The number of methoxy groups -OCH3 is 1. The summed E-state index contributed by atoms with van der Waals surface area (Å²) in [5.74, 6) is -0.419. The third-order valence-electron chi connectivity index (χ3n) is 6.26. The van der Waals surface area contributed by atoms with E-state index in [0.717, 1.165) is 30.1 Å². The first-order chi connectivity index (χ1) is 16.9. The number of aromatic amines is 1. The van der Waals surface area contributed by atoms with Crippen molar-refractivity contribution in [3.05, 3.63) is 53.4 Å². The second kappa shape index (κ2) is 9.79. The van der Waals surface area contributed by atoms with Crippen molar-refractivity contribution in [2.45, 2.75) is 11.3 Å². The van der Waals surface area contributed by atoms with Gasteiger partial charge in [-0.25, -0.2) is 17.8 Å². The number of ether oxygens (including phenoxy) is 1. The van der Waals surface area contributed by atoms with E-state index in [1.54, 1.807) is 25.4 Å². The summed E-state index contributed by atoms with van der Waals surface area (Å²) in [6.07, 6.45) is 2.35. The van der Waals surface area contributed by atoms with Gasteiger partial charge in [0.25, 0.3) is 0 Å². The van der Waals surface area contributed by atoms with Crippen LogP contribution >= 0.6 is 11.6 Å². The molecule has 4 aromatic rings. The molecule has 3 heterocycles. The van der Waals surface area contributed by atoms with Crippen LogP contribution in [0.3, 0.4) is 0 Å². The van der Waals surface area contributed by atoms with Crippen molar-refractivity contribution >= 4 is 43.6 Å². The highest BCUT2D eigenvalue weighted by molar-refractivity contribution is 7.89. The Bertz CT molecular complexity index is 1490. The molecule has 0 amide bonds. The molecule has 2 aromatic heterocycles. The summed E-state index contributed by atoms with van der Waals surface area (Å²) in [4.78, 5) is 13.7. The van der Waals surface area contributed by atoms with E-state index >= 15 is 4.39 Å². The molecule has 0 spiro atoms. The zero-order valence-electron chi connectivity index (χ0n) is 19.2. The number of hydrogen-bond acceptors (Lipinski definition) is 6. The number of imidazole rings is 1. The molecular formula is C24H25ClFN5O3S. The lowest BCUT2D eigenvalue weighted by Gasteiger charge is -2.21. The van der Waals surface area contributed by atoms with Gasteiger partial charge in [-0.05, 0) is 37.2 Å². The fourth-order valence-electron chi connectivity index (χ4n) is 4.38. The summed E-state index contributed by atoms with van der Waals surface area (Å²) in [5, 5.41) is 1.34. The largest absolute Gasteiger partial charge is 0.383 e. The molecule has 0 atom stereocenters. The Balaban J connectivity index is 1.47. The molecule has 2 aromatic carbocycles. The van der Waals surface area contributed by atoms with Crippen molar-refractivity contribution in [1.82, 2.24) is 24.2 Å². The van der Waals surface area contributed by atoms with Crippen LogP contribution in [0.2, 0.25) is 5.02 Å². The van der Waals surface area contributed by atoms with Gasteiger partial charge in [-0.3, -0.25) is 9.88 Å². The normalized spacial score (nSPS) is 16.2. The number of nitrogens with one attached hydrogen (secondary N) is 1. The maximum absolute atomic E-state index is 15.1. The summed E-state index contributed by atoms with van der Waals surface area (Å²) < 4.78 is 48.3. The first-order valence-electron chi connectivity index (χ1n) is 11.3. The van der Waals surface area contributed by atoms with Crippen LogP contribution in [0.15, 0.2) is 47.5 Å². The molecule has 0 unspecified atom stereocenters. The molecule has 0 radical (unpaired) electrons. The molecule has 184 valence electrons. The van der Waals surface area contributed by atoms with Gasteiger partial charge in [0.1, 0.15) is 16.5 Å². The minimum Gasteiger partial charge on any atom is -0.383 e. The Morgan fingerprint density at radius 2 is 2.00 bits per heavy atom. The summed E-state index contributed by atoms with van der Waals surface area (Å²) in [7, 11) is -2.39. The number of hydrogen-bond donors (Lipinski definition) is 1. The van der Waals surface area contributed by atoms with Crippen LogP contribution in [0, 0.1) is 5.82 Å². The highest BCUT2D eigenvalue weighted by atomic mass is 35.5. The van der Waals surface area contributed by atoms with Crippen molar-refractivity contribution in [2.75, 3.05) is 46.4 Å². The quantitative estimate of drug-likeness (QED) is 0.417. The van der Waals surface area contributed by atoms with Crippen molar-refractivity contribution in [3.63, 3.8) is 0 Å². The van der Waals surface area contributed by atoms with Gasteiger partial charge in [0.15, 0.2) is 0 Å². The summed E-state index contributed by atoms with van der Waals surface area (Å²) in [6, 6.07) is 9.79. The van der Waals surface area contributed by atoms with Crippen molar-refractivity contribution in [3.8, 4) is 11.4 Å². The number of H-pyrrole nitrogens is 1. The lowest BCUT2D eigenvalue weighted by atomic mass is 10.1. The van der Waals surface area contributed by atoms with Gasteiger partial charge in [-0.2, -0.15) is 4.31 Å². The van der Waals surface area contributed by atoms with Gasteiger partial charge in [0.2, 0.25) is 10.0 Å². The second-order valence-electron chi connectivity index (χ2n) is 8.51. The summed E-state index contributed by atoms with van der Waals surface area (Å²) >= 11 is 6.48. The van der Waals surface area contributed by atoms with Gasteiger partial charge >= 0.3 is 0 Å². The van der Waals surface area contributed by atoms with E-state index in [9.17, 15) is 8.42 Å². The topological polar surface area (TPSA) is 91.4 Å². The van der Waals surface area contributed by atoms with Gasteiger partial charge in [0, 0.05) is 56.5 Å². The van der Waals surface area contributed by atoms with Gasteiger partial charge in [-0.15, -0.1) is 0 Å². The Morgan fingerprint density at radius 3 is 2.83 bits per heavy atom. The number of fused-ring (bicyclic) bond motifs is 2. The van der Waals surface area contributed by atoms with Crippen LogP contribution in [0.1, 0.15) is 6.42 Å². The standard InChI is InChI=1S/C24H25ClFN5O3S/c1-34-11-10-30-6-3-7-31(9-8-30)35(32,33)23-15-22-21(14-19(23)26)28-24(29-22)17-13-20-16(12-18(17)25)4-2-5-27-20/h2,4-5,12-15H,3,6-11H2,1H3,(H,28,29). The number of rotatable bonds is 6. The maximum Gasteiger partial charge on any atom is 0.246 e. The molecule has 1 N–H and O–H groups in total. The number of pyridine rings is 1. The van der Waals surface area contributed by atoms with Crippen LogP contribution in [-0.4, -0.2) is 79.0 Å². The minimum atomic E-state index is -4.03. The number of benzene rings is 2. The van der Waals surface area contributed by atoms with E-state index in [-0.39, 0.29) is 11.4 Å². The van der Waals surface area contributed by atoms with Crippen LogP contribution in [0.25, 0.3) is 33.3 Å². The third kappa shape index (κ3) is 4.76. The molecule has 8 nitrogen and oxygen atoms in total. The van der Waals surface area contributed by atoms with Gasteiger partial charge in [-0.1, -0.05) is 17.7 Å². The number of aromatic nitrogens is 3. The summed E-state index contributed by atoms with van der Waals surface area (Å²) in [5.41, 5.74) is 2.06. The van der Waals surface area contributed by atoms with E-state index in [0.29, 0.717) is 53.6 Å². The Labute approximate surface area is 207 Å². The molecule has 1 aliphatic heterocycles. The lowest BCUT2D eigenvalue weighted by Crippen LogP contribution is -2.36. The molecule has 0 saturated carbocycles. The van der Waals surface area contributed by atoms with E-state index in [1.807, 2.05) is 12.1 Å². The Kier molecular flexibility index (Phi) is 6.73. The van der Waals surface area contributed by atoms with E-state index in [1.165, 1.54) is 10.4 Å². The minimum absolute atomic E-state index is 0.289. The zero-order chi connectivity index (χ0) is 24.6. The molecule has 5 rings (SSSR count). The zero-order valence-corrected chi connectivity index (χ0v) is 20.7. The number of halogens is 2. The van der Waals surface area contributed by atoms with E-state index in [4.69, 9.17) is 16.3 Å². The van der Waals surface area contributed by atoms with Crippen LogP contribution < -0.4 is 0 Å². The molecule has 0 bridgehead atoms. The fourth-order valence-corrected chi connectivity index (χ4v) is 6.18. The first-order valence-corrected chi connectivity index (χ1v) is 13.1. The highest BCUT2D eigenvalue weighted by Crippen LogP contribution is 2.32. The predicted molar refractivity (Wildman–Crippen MR) is 133 cm³/mol. The number of sulfonamides is 1. The molecule has 35 heavy (non-hydrogen) atoms. The summed E-state index contributed by atoms with van der Waals surface area (Å²) in [6.45, 7) is 3.26. The van der Waals surface area contributed by atoms with E-state index < -0.39 is 15.8 Å². The molecule has 0 aliphatic carbocycles. The monoisotopic (exact) mass is 517 g/mol. The van der Waals surface area contributed by atoms with Crippen LogP contribution in [0.4, 0.5) is 4.39 Å². The van der Waals surface area contributed by atoms with Crippen molar-refractivity contribution in [2.24, 2.45) is 0 Å². The maximum atomic E-state index is 15.1. The molecule has 1 fully saturated rings. The van der Waals surface area contributed by atoms with Crippen molar-refractivity contribution in [1.29, 1.82) is 0 Å². The van der Waals surface area contributed by atoms with Gasteiger partial charge in [0.05, 0.1) is 28.2 Å². The SMILES string of the molecule is COCCN1CCCN(S(=O)(=O)c2cc3[nH]c(-c4cc5ncccc5cc4Cl)nc3cc2F)CC1. The van der Waals surface area contributed by atoms with Gasteiger partial charge < -0.3 is 9.72 Å². The second-order valence-corrected chi connectivity index (χ2v) is 10.8. The molecule has 11 heteroatoms.